The van der Waals surface area contributed by atoms with Gasteiger partial charge >= 0.3 is 0 Å². The minimum Gasteiger partial charge on any atom is -0.354 e. The third-order valence-electron chi connectivity index (χ3n) is 2.67. The van der Waals surface area contributed by atoms with Crippen LogP contribution in [0.25, 0.3) is 0 Å². The second-order valence-corrected chi connectivity index (χ2v) is 4.76. The van der Waals surface area contributed by atoms with E-state index in [1.807, 2.05) is 7.05 Å². The molecular formula is C14H21Cl2N3O2. The average Bonchev–Trinajstić information content (AvgIpc) is 2.44. The molecular weight excluding hydrogens is 313 g/mol. The van der Waals surface area contributed by atoms with Crippen molar-refractivity contribution in [2.75, 3.05) is 26.7 Å². The first-order chi connectivity index (χ1) is 9.63. The lowest BCUT2D eigenvalue weighted by Crippen LogP contribution is -2.34. The molecule has 0 aliphatic carbocycles. The van der Waals surface area contributed by atoms with Crippen molar-refractivity contribution in [2.24, 2.45) is 0 Å². The van der Waals surface area contributed by atoms with Crippen LogP contribution in [-0.2, 0) is 4.79 Å². The Balaban J connectivity index is 0.00000400. The normalized spacial score (nSPS) is 9.62. The van der Waals surface area contributed by atoms with Crippen LogP contribution in [-0.4, -0.2) is 38.5 Å². The van der Waals surface area contributed by atoms with Crippen LogP contribution in [0.3, 0.4) is 0 Å². The van der Waals surface area contributed by atoms with E-state index in [2.05, 4.69) is 16.0 Å². The van der Waals surface area contributed by atoms with Gasteiger partial charge in [-0.2, -0.15) is 0 Å². The van der Waals surface area contributed by atoms with Crippen LogP contribution in [0.15, 0.2) is 24.3 Å². The topological polar surface area (TPSA) is 70.2 Å². The molecule has 118 valence electrons. The Hall–Kier alpha value is -1.30. The van der Waals surface area contributed by atoms with Crippen LogP contribution in [0, 0.1) is 0 Å². The standard InChI is InChI=1S/C14H20ClN3O2.ClH/c1-16-8-2-3-13(19)17-9-10-18-14(20)11-4-6-12(15)7-5-11;/h4-7,16H,2-3,8-10H2,1H3,(H,17,19)(H,18,20);1H. The second-order valence-electron chi connectivity index (χ2n) is 4.32. The monoisotopic (exact) mass is 333 g/mol. The van der Waals surface area contributed by atoms with E-state index in [9.17, 15) is 9.59 Å². The van der Waals surface area contributed by atoms with Crippen LogP contribution in [0.1, 0.15) is 23.2 Å². The van der Waals surface area contributed by atoms with Gasteiger partial charge in [-0.05, 0) is 44.3 Å². The number of amides is 2. The Labute approximate surface area is 136 Å². The van der Waals surface area contributed by atoms with Crippen molar-refractivity contribution in [3.05, 3.63) is 34.9 Å². The SMILES string of the molecule is CNCCCC(=O)NCCNC(=O)c1ccc(Cl)cc1.Cl. The molecule has 1 rings (SSSR count). The highest BCUT2D eigenvalue weighted by molar-refractivity contribution is 6.30. The van der Waals surface area contributed by atoms with Gasteiger partial charge in [0.2, 0.25) is 5.91 Å². The summed E-state index contributed by atoms with van der Waals surface area (Å²) < 4.78 is 0. The molecule has 0 unspecified atom stereocenters. The first-order valence-electron chi connectivity index (χ1n) is 6.58. The van der Waals surface area contributed by atoms with Crippen molar-refractivity contribution in [1.29, 1.82) is 0 Å². The molecule has 0 aromatic heterocycles. The zero-order chi connectivity index (χ0) is 14.8. The fraction of sp³-hybridized carbons (Fsp3) is 0.429. The van der Waals surface area contributed by atoms with Crippen LogP contribution in [0.4, 0.5) is 0 Å². The summed E-state index contributed by atoms with van der Waals surface area (Å²) in [6, 6.07) is 6.65. The van der Waals surface area contributed by atoms with Crippen molar-refractivity contribution >= 4 is 35.8 Å². The molecule has 0 saturated heterocycles. The lowest BCUT2D eigenvalue weighted by Gasteiger charge is -2.07. The van der Waals surface area contributed by atoms with E-state index in [1.165, 1.54) is 0 Å². The summed E-state index contributed by atoms with van der Waals surface area (Å²) in [5.74, 6) is -0.174. The summed E-state index contributed by atoms with van der Waals surface area (Å²) >= 11 is 5.75. The Kier molecular flexibility index (Phi) is 10.7. The predicted octanol–water partition coefficient (Wildman–Crippen LogP) is 1.61. The summed E-state index contributed by atoms with van der Waals surface area (Å²) in [5.41, 5.74) is 0.551. The quantitative estimate of drug-likeness (QED) is 0.633. The number of nitrogens with one attached hydrogen (secondary N) is 3. The molecule has 3 N–H and O–H groups in total. The van der Waals surface area contributed by atoms with E-state index in [0.29, 0.717) is 30.1 Å². The second kappa shape index (κ2) is 11.4. The fourth-order valence-electron chi connectivity index (χ4n) is 1.60. The van der Waals surface area contributed by atoms with Crippen LogP contribution < -0.4 is 16.0 Å². The first kappa shape index (κ1) is 19.7. The van der Waals surface area contributed by atoms with Gasteiger partial charge in [-0.3, -0.25) is 9.59 Å². The lowest BCUT2D eigenvalue weighted by atomic mass is 10.2. The van der Waals surface area contributed by atoms with Gasteiger partial charge in [0.05, 0.1) is 0 Å². The van der Waals surface area contributed by atoms with Crippen molar-refractivity contribution < 1.29 is 9.59 Å². The maximum absolute atomic E-state index is 11.7. The number of carbonyl (C=O) groups excluding carboxylic acids is 2. The number of benzene rings is 1. The molecule has 0 spiro atoms. The zero-order valence-corrected chi connectivity index (χ0v) is 13.5. The van der Waals surface area contributed by atoms with Gasteiger partial charge < -0.3 is 16.0 Å². The maximum Gasteiger partial charge on any atom is 0.251 e. The summed E-state index contributed by atoms with van der Waals surface area (Å²) in [6.45, 7) is 1.65. The van der Waals surface area contributed by atoms with Crippen molar-refractivity contribution in [3.63, 3.8) is 0 Å². The maximum atomic E-state index is 11.7. The van der Waals surface area contributed by atoms with Gasteiger partial charge in [0.15, 0.2) is 0 Å². The van der Waals surface area contributed by atoms with Crippen LogP contribution >= 0.6 is 24.0 Å². The van der Waals surface area contributed by atoms with Gasteiger partial charge in [0.1, 0.15) is 0 Å². The highest BCUT2D eigenvalue weighted by Crippen LogP contribution is 2.08. The first-order valence-corrected chi connectivity index (χ1v) is 6.96. The average molecular weight is 334 g/mol. The van der Waals surface area contributed by atoms with E-state index in [-0.39, 0.29) is 24.2 Å². The van der Waals surface area contributed by atoms with E-state index in [1.54, 1.807) is 24.3 Å². The number of halogens is 2. The van der Waals surface area contributed by atoms with E-state index >= 15 is 0 Å². The lowest BCUT2D eigenvalue weighted by molar-refractivity contribution is -0.121. The van der Waals surface area contributed by atoms with Crippen molar-refractivity contribution in [1.82, 2.24) is 16.0 Å². The Morgan fingerprint density at radius 1 is 1.05 bits per heavy atom. The Morgan fingerprint density at radius 3 is 2.29 bits per heavy atom. The molecule has 0 bridgehead atoms. The molecule has 0 aliphatic heterocycles. The van der Waals surface area contributed by atoms with Crippen LogP contribution in [0.2, 0.25) is 5.02 Å². The third-order valence-corrected chi connectivity index (χ3v) is 2.92. The highest BCUT2D eigenvalue weighted by Gasteiger charge is 2.04. The molecule has 0 saturated carbocycles. The summed E-state index contributed by atoms with van der Waals surface area (Å²) in [6.07, 6.45) is 1.30. The smallest absolute Gasteiger partial charge is 0.251 e. The molecule has 0 aliphatic rings. The molecule has 1 aromatic rings. The number of carbonyl (C=O) groups is 2. The summed E-state index contributed by atoms with van der Waals surface area (Å²) in [5, 5.41) is 9.06. The van der Waals surface area contributed by atoms with E-state index < -0.39 is 0 Å². The number of hydrogen-bond acceptors (Lipinski definition) is 3. The molecule has 0 heterocycles. The number of rotatable bonds is 8. The molecule has 5 nitrogen and oxygen atoms in total. The summed E-state index contributed by atoms with van der Waals surface area (Å²) in [4.78, 5) is 23.1. The highest BCUT2D eigenvalue weighted by atomic mass is 35.5. The Bertz CT molecular complexity index is 438. The van der Waals surface area contributed by atoms with Crippen molar-refractivity contribution in [3.8, 4) is 0 Å². The van der Waals surface area contributed by atoms with E-state index in [4.69, 9.17) is 11.6 Å². The molecule has 2 amide bonds. The van der Waals surface area contributed by atoms with Gasteiger partial charge in [-0.15, -0.1) is 12.4 Å². The zero-order valence-electron chi connectivity index (χ0n) is 11.9. The molecule has 1 aromatic carbocycles. The summed E-state index contributed by atoms with van der Waals surface area (Å²) in [7, 11) is 1.85. The van der Waals surface area contributed by atoms with Crippen LogP contribution in [0.5, 0.6) is 0 Å². The largest absolute Gasteiger partial charge is 0.354 e. The number of hydrogen-bond donors (Lipinski definition) is 3. The van der Waals surface area contributed by atoms with Gasteiger partial charge in [-0.1, -0.05) is 11.6 Å². The minimum atomic E-state index is -0.175. The molecule has 7 heteroatoms. The van der Waals surface area contributed by atoms with Gasteiger partial charge in [0, 0.05) is 30.1 Å². The third kappa shape index (κ3) is 8.55. The molecule has 0 radical (unpaired) electrons. The van der Waals surface area contributed by atoms with E-state index in [0.717, 1.165) is 13.0 Å². The molecule has 21 heavy (non-hydrogen) atoms. The predicted molar refractivity (Wildman–Crippen MR) is 87.2 cm³/mol. The minimum absolute atomic E-state index is 0. The van der Waals surface area contributed by atoms with Gasteiger partial charge in [-0.25, -0.2) is 0 Å². The van der Waals surface area contributed by atoms with Crippen molar-refractivity contribution in [2.45, 2.75) is 12.8 Å². The molecule has 0 atom stereocenters. The Morgan fingerprint density at radius 2 is 1.67 bits per heavy atom. The molecule has 0 fully saturated rings. The fourth-order valence-corrected chi connectivity index (χ4v) is 1.72. The van der Waals surface area contributed by atoms with Gasteiger partial charge in [0.25, 0.3) is 5.91 Å².